The summed E-state index contributed by atoms with van der Waals surface area (Å²) in [6.07, 6.45) is 4.74. The van der Waals surface area contributed by atoms with Crippen molar-refractivity contribution < 1.29 is 4.79 Å². The zero-order valence-electron chi connectivity index (χ0n) is 12.7. The molecule has 0 unspecified atom stereocenters. The van der Waals surface area contributed by atoms with Gasteiger partial charge in [-0.15, -0.1) is 0 Å². The summed E-state index contributed by atoms with van der Waals surface area (Å²) in [6.45, 7) is 5.88. The Bertz CT molecular complexity index is 637. The van der Waals surface area contributed by atoms with Gasteiger partial charge in [0.15, 0.2) is 0 Å². The van der Waals surface area contributed by atoms with Gasteiger partial charge in [-0.1, -0.05) is 24.6 Å². The lowest BCUT2D eigenvalue weighted by molar-refractivity contribution is 0.0791. The van der Waals surface area contributed by atoms with Crippen LogP contribution in [-0.2, 0) is 6.42 Å². The van der Waals surface area contributed by atoms with Crippen LogP contribution in [0.1, 0.15) is 41.4 Å². The van der Waals surface area contributed by atoms with Crippen LogP contribution in [-0.4, -0.2) is 33.7 Å². The first-order valence-electron chi connectivity index (χ1n) is 7.64. The van der Waals surface area contributed by atoms with Crippen LogP contribution in [0.25, 0.3) is 5.69 Å². The van der Waals surface area contributed by atoms with Crippen molar-refractivity contribution in [3.63, 3.8) is 0 Å². The largest absolute Gasteiger partial charge is 0.339 e. The van der Waals surface area contributed by atoms with Gasteiger partial charge in [0.1, 0.15) is 0 Å². The smallest absolute Gasteiger partial charge is 0.257 e. The number of carbonyl (C=O) groups is 1. The number of hydrogen-bond acceptors (Lipinski definition) is 2. The first kappa shape index (κ1) is 13.9. The number of aromatic nitrogens is 2. The summed E-state index contributed by atoms with van der Waals surface area (Å²) in [4.78, 5) is 14.5. The molecule has 0 radical (unpaired) electrons. The zero-order valence-corrected chi connectivity index (χ0v) is 12.7. The van der Waals surface area contributed by atoms with Crippen LogP contribution in [0.4, 0.5) is 0 Å². The maximum atomic E-state index is 12.6. The van der Waals surface area contributed by atoms with Crippen LogP contribution in [0.15, 0.2) is 30.5 Å². The van der Waals surface area contributed by atoms with Crippen LogP contribution in [0.3, 0.4) is 0 Å². The average molecular weight is 283 g/mol. The Labute approximate surface area is 125 Å². The summed E-state index contributed by atoms with van der Waals surface area (Å²) in [5, 5.41) is 4.45. The highest BCUT2D eigenvalue weighted by Gasteiger charge is 2.24. The second kappa shape index (κ2) is 5.72. The van der Waals surface area contributed by atoms with Gasteiger partial charge in [-0.2, -0.15) is 5.10 Å². The molecule has 110 valence electrons. The van der Waals surface area contributed by atoms with E-state index in [0.717, 1.165) is 49.3 Å². The maximum absolute atomic E-state index is 12.6. The first-order valence-corrected chi connectivity index (χ1v) is 7.64. The normalized spacial score (nSPS) is 14.7. The number of hydrogen-bond donors (Lipinski definition) is 0. The molecule has 1 aliphatic heterocycles. The maximum Gasteiger partial charge on any atom is 0.257 e. The van der Waals surface area contributed by atoms with Crippen molar-refractivity contribution in [1.82, 2.24) is 14.7 Å². The van der Waals surface area contributed by atoms with Gasteiger partial charge in [-0.05, 0) is 38.3 Å². The monoisotopic (exact) mass is 283 g/mol. The summed E-state index contributed by atoms with van der Waals surface area (Å²) in [5.41, 5.74) is 3.98. The lowest BCUT2D eigenvalue weighted by Crippen LogP contribution is -2.28. The minimum absolute atomic E-state index is 0.128. The number of nitrogens with zero attached hydrogens (tertiary/aromatic N) is 3. The van der Waals surface area contributed by atoms with Crippen LogP contribution < -0.4 is 0 Å². The molecule has 2 aromatic rings. The van der Waals surface area contributed by atoms with Gasteiger partial charge < -0.3 is 4.90 Å². The Hall–Kier alpha value is -2.10. The Kier molecular flexibility index (Phi) is 3.78. The van der Waals surface area contributed by atoms with E-state index in [1.54, 1.807) is 6.20 Å². The van der Waals surface area contributed by atoms with Crippen molar-refractivity contribution in [1.29, 1.82) is 0 Å². The second-order valence-corrected chi connectivity index (χ2v) is 5.61. The van der Waals surface area contributed by atoms with E-state index in [9.17, 15) is 4.79 Å². The average Bonchev–Trinajstić information content (AvgIpc) is 3.16. The third kappa shape index (κ3) is 2.58. The van der Waals surface area contributed by atoms with E-state index >= 15 is 0 Å². The number of amides is 1. The number of aryl methyl sites for hydroxylation is 1. The third-order valence-corrected chi connectivity index (χ3v) is 4.11. The lowest BCUT2D eigenvalue weighted by atomic mass is 10.1. The van der Waals surface area contributed by atoms with Crippen molar-refractivity contribution in [2.45, 2.75) is 33.1 Å². The molecular formula is C17H21N3O. The molecule has 0 spiro atoms. The van der Waals surface area contributed by atoms with Crippen molar-refractivity contribution in [2.24, 2.45) is 0 Å². The van der Waals surface area contributed by atoms with E-state index in [2.05, 4.69) is 31.1 Å². The van der Waals surface area contributed by atoms with Gasteiger partial charge in [-0.25, -0.2) is 4.68 Å². The number of rotatable bonds is 3. The molecule has 1 aromatic carbocycles. The Balaban J connectivity index is 1.96. The SMILES string of the molecule is CCc1c(C(=O)N2CCCC2)cnn1-c1ccc(C)cc1. The standard InChI is InChI=1S/C17H21N3O/c1-3-16-15(17(21)19-10-4-5-11-19)12-18-20(16)14-8-6-13(2)7-9-14/h6-9,12H,3-5,10-11H2,1-2H3. The van der Waals surface area contributed by atoms with Crippen molar-refractivity contribution in [3.8, 4) is 5.69 Å². The Morgan fingerprint density at radius 1 is 1.19 bits per heavy atom. The number of carbonyl (C=O) groups excluding carboxylic acids is 1. The van der Waals surface area contributed by atoms with Gasteiger partial charge >= 0.3 is 0 Å². The van der Waals surface area contributed by atoms with E-state index in [-0.39, 0.29) is 5.91 Å². The molecule has 21 heavy (non-hydrogen) atoms. The number of likely N-dealkylation sites (tertiary alicyclic amines) is 1. The molecule has 0 bridgehead atoms. The highest BCUT2D eigenvalue weighted by Crippen LogP contribution is 2.20. The summed E-state index contributed by atoms with van der Waals surface area (Å²) in [7, 11) is 0. The second-order valence-electron chi connectivity index (χ2n) is 5.61. The third-order valence-electron chi connectivity index (χ3n) is 4.11. The predicted octanol–water partition coefficient (Wildman–Crippen LogP) is 2.98. The molecule has 4 nitrogen and oxygen atoms in total. The molecule has 0 aliphatic carbocycles. The van der Waals surface area contributed by atoms with E-state index < -0.39 is 0 Å². The van der Waals surface area contributed by atoms with Crippen LogP contribution >= 0.6 is 0 Å². The van der Waals surface area contributed by atoms with Gasteiger partial charge in [-0.3, -0.25) is 4.79 Å². The molecule has 1 aromatic heterocycles. The molecule has 1 fully saturated rings. The minimum Gasteiger partial charge on any atom is -0.339 e. The Morgan fingerprint density at radius 2 is 1.86 bits per heavy atom. The van der Waals surface area contributed by atoms with Crippen molar-refractivity contribution in [3.05, 3.63) is 47.3 Å². The zero-order chi connectivity index (χ0) is 14.8. The minimum atomic E-state index is 0.128. The summed E-state index contributed by atoms with van der Waals surface area (Å²) in [6, 6.07) is 8.23. The summed E-state index contributed by atoms with van der Waals surface area (Å²) < 4.78 is 1.89. The van der Waals surface area contributed by atoms with Gasteiger partial charge in [0.25, 0.3) is 5.91 Å². The molecule has 0 N–H and O–H groups in total. The summed E-state index contributed by atoms with van der Waals surface area (Å²) in [5.74, 6) is 0.128. The Morgan fingerprint density at radius 3 is 2.48 bits per heavy atom. The van der Waals surface area contributed by atoms with Crippen LogP contribution in [0.5, 0.6) is 0 Å². The quantitative estimate of drug-likeness (QED) is 0.868. The number of benzene rings is 1. The highest BCUT2D eigenvalue weighted by molar-refractivity contribution is 5.95. The van der Waals surface area contributed by atoms with Crippen molar-refractivity contribution in [2.75, 3.05) is 13.1 Å². The first-order chi connectivity index (χ1) is 10.2. The van der Waals surface area contributed by atoms with Gasteiger partial charge in [0, 0.05) is 13.1 Å². The fourth-order valence-corrected chi connectivity index (χ4v) is 2.89. The van der Waals surface area contributed by atoms with E-state index in [4.69, 9.17) is 0 Å². The molecule has 2 heterocycles. The molecule has 0 saturated carbocycles. The van der Waals surface area contributed by atoms with Crippen LogP contribution in [0.2, 0.25) is 0 Å². The topological polar surface area (TPSA) is 38.1 Å². The molecule has 1 amide bonds. The molecule has 1 saturated heterocycles. The highest BCUT2D eigenvalue weighted by atomic mass is 16.2. The van der Waals surface area contributed by atoms with Gasteiger partial charge in [0.2, 0.25) is 0 Å². The molecular weight excluding hydrogens is 262 g/mol. The van der Waals surface area contributed by atoms with E-state index in [1.165, 1.54) is 5.56 Å². The predicted molar refractivity (Wildman–Crippen MR) is 82.8 cm³/mol. The fraction of sp³-hybridized carbons (Fsp3) is 0.412. The summed E-state index contributed by atoms with van der Waals surface area (Å²) >= 11 is 0. The van der Waals surface area contributed by atoms with E-state index in [1.807, 2.05) is 21.7 Å². The molecule has 1 aliphatic rings. The van der Waals surface area contributed by atoms with E-state index in [0.29, 0.717) is 0 Å². The lowest BCUT2D eigenvalue weighted by Gasteiger charge is -2.15. The van der Waals surface area contributed by atoms with Crippen LogP contribution in [0, 0.1) is 6.92 Å². The molecule has 0 atom stereocenters. The molecule has 4 heteroatoms. The van der Waals surface area contributed by atoms with Gasteiger partial charge in [0.05, 0.1) is 23.1 Å². The van der Waals surface area contributed by atoms with Crippen molar-refractivity contribution >= 4 is 5.91 Å². The fourth-order valence-electron chi connectivity index (χ4n) is 2.89. The molecule has 3 rings (SSSR count).